The van der Waals surface area contributed by atoms with Crippen molar-refractivity contribution in [3.63, 3.8) is 0 Å². The van der Waals surface area contributed by atoms with E-state index in [2.05, 4.69) is 6.92 Å². The van der Waals surface area contributed by atoms with Gasteiger partial charge >= 0.3 is 5.97 Å². The monoisotopic (exact) mass is 172 g/mol. The van der Waals surface area contributed by atoms with Crippen molar-refractivity contribution in [3.05, 3.63) is 0 Å². The number of aliphatic hydroxyl groups excluding tert-OH is 1. The van der Waals surface area contributed by atoms with Gasteiger partial charge < -0.3 is 9.84 Å². The molecule has 0 unspecified atom stereocenters. The van der Waals surface area contributed by atoms with Crippen LogP contribution in [-0.4, -0.2) is 23.3 Å². The number of carbonyl (C=O) groups excluding carboxylic acids is 1. The molecule has 1 heterocycles. The molecule has 70 valence electrons. The molecule has 0 aromatic carbocycles. The van der Waals surface area contributed by atoms with Crippen molar-refractivity contribution in [1.82, 2.24) is 0 Å². The van der Waals surface area contributed by atoms with Gasteiger partial charge in [0.2, 0.25) is 0 Å². The molecule has 0 saturated carbocycles. The van der Waals surface area contributed by atoms with E-state index < -0.39 is 12.1 Å². The number of cyclic esters (lactones) is 1. The van der Waals surface area contributed by atoms with Crippen LogP contribution in [0.2, 0.25) is 0 Å². The molecule has 1 rings (SSSR count). The molecule has 0 aromatic heterocycles. The van der Waals surface area contributed by atoms with Gasteiger partial charge in [-0.1, -0.05) is 19.8 Å². The van der Waals surface area contributed by atoms with Crippen molar-refractivity contribution in [2.45, 2.75) is 51.2 Å². The van der Waals surface area contributed by atoms with Gasteiger partial charge in [-0.15, -0.1) is 0 Å². The van der Waals surface area contributed by atoms with E-state index in [4.69, 9.17) is 9.84 Å². The molecule has 0 spiro atoms. The maximum absolute atomic E-state index is 10.9. The van der Waals surface area contributed by atoms with Gasteiger partial charge in [-0.2, -0.15) is 0 Å². The van der Waals surface area contributed by atoms with Crippen LogP contribution in [0, 0.1) is 0 Å². The van der Waals surface area contributed by atoms with E-state index >= 15 is 0 Å². The molecule has 0 aromatic rings. The predicted octanol–water partition coefficient (Wildman–Crippen LogP) is 1.24. The van der Waals surface area contributed by atoms with Gasteiger partial charge in [-0.25, -0.2) is 4.79 Å². The second kappa shape index (κ2) is 4.45. The molecule has 3 nitrogen and oxygen atoms in total. The molecule has 0 bridgehead atoms. The minimum absolute atomic E-state index is 0.0563. The fraction of sp³-hybridized carbons (Fsp3) is 0.889. The lowest BCUT2D eigenvalue weighted by Crippen LogP contribution is -2.34. The minimum atomic E-state index is -0.872. The Balaban J connectivity index is 2.25. The van der Waals surface area contributed by atoms with E-state index in [0.717, 1.165) is 25.7 Å². The third-order valence-electron chi connectivity index (χ3n) is 2.20. The van der Waals surface area contributed by atoms with Crippen LogP contribution in [0.25, 0.3) is 0 Å². The SMILES string of the molecule is CCCC[C@H]1CC[C@@H](O)C(=O)O1. The summed E-state index contributed by atoms with van der Waals surface area (Å²) in [7, 11) is 0. The summed E-state index contributed by atoms with van der Waals surface area (Å²) in [6.07, 6.45) is 3.71. The Morgan fingerprint density at radius 1 is 1.58 bits per heavy atom. The maximum atomic E-state index is 10.9. The maximum Gasteiger partial charge on any atom is 0.335 e. The lowest BCUT2D eigenvalue weighted by Gasteiger charge is -2.25. The first-order valence-corrected chi connectivity index (χ1v) is 4.62. The van der Waals surface area contributed by atoms with E-state index in [1.54, 1.807) is 0 Å². The summed E-state index contributed by atoms with van der Waals surface area (Å²) in [5.74, 6) is -0.442. The first-order chi connectivity index (χ1) is 5.74. The highest BCUT2D eigenvalue weighted by atomic mass is 16.6. The van der Waals surface area contributed by atoms with Gasteiger partial charge in [-0.05, 0) is 19.3 Å². The zero-order valence-corrected chi connectivity index (χ0v) is 7.45. The summed E-state index contributed by atoms with van der Waals surface area (Å²) < 4.78 is 5.01. The number of esters is 1. The summed E-state index contributed by atoms with van der Waals surface area (Å²) in [5.41, 5.74) is 0. The normalized spacial score (nSPS) is 30.0. The number of carbonyl (C=O) groups is 1. The molecule has 1 saturated heterocycles. The van der Waals surface area contributed by atoms with E-state index in [1.807, 2.05) is 0 Å². The topological polar surface area (TPSA) is 46.5 Å². The van der Waals surface area contributed by atoms with Crippen molar-refractivity contribution in [3.8, 4) is 0 Å². The Morgan fingerprint density at radius 2 is 2.33 bits per heavy atom. The lowest BCUT2D eigenvalue weighted by atomic mass is 10.0. The third-order valence-corrected chi connectivity index (χ3v) is 2.20. The quantitative estimate of drug-likeness (QED) is 0.651. The van der Waals surface area contributed by atoms with Crippen LogP contribution in [0.15, 0.2) is 0 Å². The Labute approximate surface area is 72.7 Å². The van der Waals surface area contributed by atoms with Crippen LogP contribution >= 0.6 is 0 Å². The molecule has 3 heteroatoms. The highest BCUT2D eigenvalue weighted by Gasteiger charge is 2.27. The Bertz CT molecular complexity index is 154. The van der Waals surface area contributed by atoms with Crippen molar-refractivity contribution >= 4 is 5.97 Å². The fourth-order valence-corrected chi connectivity index (χ4v) is 1.40. The first-order valence-electron chi connectivity index (χ1n) is 4.62. The number of ether oxygens (including phenoxy) is 1. The fourth-order valence-electron chi connectivity index (χ4n) is 1.40. The van der Waals surface area contributed by atoms with Crippen LogP contribution in [0.4, 0.5) is 0 Å². The van der Waals surface area contributed by atoms with Gasteiger partial charge in [-0.3, -0.25) is 0 Å². The highest BCUT2D eigenvalue weighted by Crippen LogP contribution is 2.18. The average molecular weight is 172 g/mol. The molecule has 0 aliphatic carbocycles. The molecule has 2 atom stereocenters. The minimum Gasteiger partial charge on any atom is -0.460 e. The summed E-state index contributed by atoms with van der Waals surface area (Å²) in [5, 5.41) is 9.05. The van der Waals surface area contributed by atoms with Gasteiger partial charge in [0, 0.05) is 0 Å². The van der Waals surface area contributed by atoms with Crippen LogP contribution in [-0.2, 0) is 9.53 Å². The summed E-state index contributed by atoms with van der Waals surface area (Å²) in [4.78, 5) is 10.9. The second-order valence-corrected chi connectivity index (χ2v) is 3.29. The Kier molecular flexibility index (Phi) is 3.53. The highest BCUT2D eigenvalue weighted by molar-refractivity contribution is 5.75. The molecular weight excluding hydrogens is 156 g/mol. The smallest absolute Gasteiger partial charge is 0.335 e. The number of rotatable bonds is 3. The Morgan fingerprint density at radius 3 is 2.92 bits per heavy atom. The standard InChI is InChI=1S/C9H16O3/c1-2-3-4-7-5-6-8(10)9(11)12-7/h7-8,10H,2-6H2,1H3/t7-,8+/m0/s1. The van der Waals surface area contributed by atoms with Crippen LogP contribution in [0.5, 0.6) is 0 Å². The van der Waals surface area contributed by atoms with Crippen LogP contribution in [0.3, 0.4) is 0 Å². The van der Waals surface area contributed by atoms with Crippen molar-refractivity contribution in [2.24, 2.45) is 0 Å². The second-order valence-electron chi connectivity index (χ2n) is 3.29. The molecule has 1 aliphatic rings. The lowest BCUT2D eigenvalue weighted by molar-refractivity contribution is -0.167. The zero-order chi connectivity index (χ0) is 8.97. The molecule has 0 radical (unpaired) electrons. The van der Waals surface area contributed by atoms with Crippen molar-refractivity contribution in [1.29, 1.82) is 0 Å². The van der Waals surface area contributed by atoms with E-state index in [9.17, 15) is 4.79 Å². The van der Waals surface area contributed by atoms with E-state index in [0.29, 0.717) is 6.42 Å². The van der Waals surface area contributed by atoms with Gasteiger partial charge in [0.25, 0.3) is 0 Å². The van der Waals surface area contributed by atoms with Crippen molar-refractivity contribution in [2.75, 3.05) is 0 Å². The summed E-state index contributed by atoms with van der Waals surface area (Å²) in [6, 6.07) is 0. The Hall–Kier alpha value is -0.570. The van der Waals surface area contributed by atoms with Crippen molar-refractivity contribution < 1.29 is 14.6 Å². The van der Waals surface area contributed by atoms with Crippen LogP contribution in [0.1, 0.15) is 39.0 Å². The average Bonchev–Trinajstić information content (AvgIpc) is 2.07. The molecule has 0 amide bonds. The van der Waals surface area contributed by atoms with Gasteiger partial charge in [0.15, 0.2) is 6.10 Å². The van der Waals surface area contributed by atoms with Gasteiger partial charge in [0.05, 0.1) is 0 Å². The number of hydrogen-bond donors (Lipinski definition) is 1. The number of hydrogen-bond acceptors (Lipinski definition) is 3. The summed E-state index contributed by atoms with van der Waals surface area (Å²) >= 11 is 0. The number of aliphatic hydroxyl groups is 1. The third kappa shape index (κ3) is 2.48. The molecule has 12 heavy (non-hydrogen) atoms. The van der Waals surface area contributed by atoms with E-state index in [-0.39, 0.29) is 6.10 Å². The number of unbranched alkanes of at least 4 members (excludes halogenated alkanes) is 1. The summed E-state index contributed by atoms with van der Waals surface area (Å²) in [6.45, 7) is 2.11. The molecule has 1 N–H and O–H groups in total. The molecular formula is C9H16O3. The zero-order valence-electron chi connectivity index (χ0n) is 7.45. The predicted molar refractivity (Wildman–Crippen MR) is 44.6 cm³/mol. The largest absolute Gasteiger partial charge is 0.460 e. The van der Waals surface area contributed by atoms with Crippen LogP contribution < -0.4 is 0 Å². The van der Waals surface area contributed by atoms with Gasteiger partial charge in [0.1, 0.15) is 6.10 Å². The molecule has 1 fully saturated rings. The molecule has 1 aliphatic heterocycles. The van der Waals surface area contributed by atoms with E-state index in [1.165, 1.54) is 0 Å². The first kappa shape index (κ1) is 9.52.